The van der Waals surface area contributed by atoms with Gasteiger partial charge in [0.25, 0.3) is 0 Å². The van der Waals surface area contributed by atoms with E-state index in [1.807, 2.05) is 30.3 Å². The molecule has 0 bridgehead atoms. The van der Waals surface area contributed by atoms with Crippen molar-refractivity contribution in [1.29, 1.82) is 0 Å². The number of nitrogens with one attached hydrogen (secondary N) is 1. The van der Waals surface area contributed by atoms with E-state index in [1.165, 1.54) is 19.3 Å². The van der Waals surface area contributed by atoms with Gasteiger partial charge in [0.05, 0.1) is 6.54 Å². The fourth-order valence-electron chi connectivity index (χ4n) is 1.85. The monoisotopic (exact) mass is 234 g/mol. The second-order valence-corrected chi connectivity index (χ2v) is 4.53. The number of carbonyl (C=O) groups is 1. The molecule has 2 N–H and O–H groups in total. The van der Waals surface area contributed by atoms with E-state index in [0.717, 1.165) is 10.6 Å². The number of hydroxylamine groups is 2. The van der Waals surface area contributed by atoms with E-state index in [9.17, 15) is 10.0 Å². The average Bonchev–Trinajstić information content (AvgIpc) is 2.28. The van der Waals surface area contributed by atoms with Crippen LogP contribution in [-0.2, 0) is 6.54 Å². The van der Waals surface area contributed by atoms with Crippen molar-refractivity contribution in [3.8, 4) is 0 Å². The quantitative estimate of drug-likeness (QED) is 0.621. The van der Waals surface area contributed by atoms with Gasteiger partial charge in [0.1, 0.15) is 0 Å². The molecule has 0 aliphatic heterocycles. The van der Waals surface area contributed by atoms with Crippen LogP contribution in [0.4, 0.5) is 4.79 Å². The van der Waals surface area contributed by atoms with Gasteiger partial charge >= 0.3 is 6.03 Å². The van der Waals surface area contributed by atoms with Crippen molar-refractivity contribution < 1.29 is 10.0 Å². The minimum absolute atomic E-state index is 0.220. The Bertz CT molecular complexity index is 363. The Labute approximate surface area is 101 Å². The van der Waals surface area contributed by atoms with Crippen molar-refractivity contribution in [1.82, 2.24) is 10.4 Å². The Kier molecular flexibility index (Phi) is 3.98. The lowest BCUT2D eigenvalue weighted by Gasteiger charge is -2.26. The molecule has 1 aliphatic rings. The van der Waals surface area contributed by atoms with Crippen molar-refractivity contribution in [2.45, 2.75) is 25.8 Å². The highest BCUT2D eigenvalue weighted by Gasteiger charge is 2.19. The molecule has 1 aromatic carbocycles. The first-order valence-corrected chi connectivity index (χ1v) is 6.04. The van der Waals surface area contributed by atoms with E-state index in [4.69, 9.17) is 0 Å². The normalized spacial score (nSPS) is 15.1. The standard InChI is InChI=1S/C13H18N2O2/c16-13(14-9-11-7-4-8-11)15(17)10-12-5-2-1-3-6-12/h1-3,5-6,11,17H,4,7-10H2,(H,14,16). The molecule has 1 aromatic rings. The number of amides is 2. The predicted octanol–water partition coefficient (Wildman–Crippen LogP) is 2.39. The van der Waals surface area contributed by atoms with Gasteiger partial charge in [0.2, 0.25) is 0 Å². The second kappa shape index (κ2) is 5.68. The second-order valence-electron chi connectivity index (χ2n) is 4.53. The summed E-state index contributed by atoms with van der Waals surface area (Å²) in [7, 11) is 0. The van der Waals surface area contributed by atoms with Crippen LogP contribution in [0.15, 0.2) is 30.3 Å². The summed E-state index contributed by atoms with van der Waals surface area (Å²) >= 11 is 0. The third-order valence-corrected chi connectivity index (χ3v) is 3.18. The summed E-state index contributed by atoms with van der Waals surface area (Å²) in [6.45, 7) is 0.891. The lowest BCUT2D eigenvalue weighted by atomic mass is 9.85. The SMILES string of the molecule is O=C(NCC1CCC1)N(O)Cc1ccccc1. The van der Waals surface area contributed by atoms with Gasteiger partial charge in [0.15, 0.2) is 0 Å². The van der Waals surface area contributed by atoms with Crippen LogP contribution in [0.2, 0.25) is 0 Å². The van der Waals surface area contributed by atoms with Gasteiger partial charge in [0, 0.05) is 6.54 Å². The number of carbonyl (C=O) groups excluding carboxylic acids is 1. The van der Waals surface area contributed by atoms with Crippen molar-refractivity contribution in [2.24, 2.45) is 5.92 Å². The van der Waals surface area contributed by atoms with Crippen LogP contribution in [0.1, 0.15) is 24.8 Å². The molecule has 4 nitrogen and oxygen atoms in total. The van der Waals surface area contributed by atoms with Gasteiger partial charge in [-0.3, -0.25) is 5.21 Å². The topological polar surface area (TPSA) is 52.6 Å². The Morgan fingerprint density at radius 1 is 1.35 bits per heavy atom. The number of urea groups is 1. The van der Waals surface area contributed by atoms with E-state index < -0.39 is 6.03 Å². The third-order valence-electron chi connectivity index (χ3n) is 3.18. The molecular weight excluding hydrogens is 216 g/mol. The summed E-state index contributed by atoms with van der Waals surface area (Å²) in [6.07, 6.45) is 3.63. The van der Waals surface area contributed by atoms with Gasteiger partial charge in [-0.15, -0.1) is 0 Å². The van der Waals surface area contributed by atoms with E-state index in [1.54, 1.807) is 0 Å². The molecule has 92 valence electrons. The molecule has 2 rings (SSSR count). The highest BCUT2D eigenvalue weighted by Crippen LogP contribution is 2.25. The first-order chi connectivity index (χ1) is 8.25. The van der Waals surface area contributed by atoms with Crippen LogP contribution in [0.3, 0.4) is 0 Å². The summed E-state index contributed by atoms with van der Waals surface area (Å²) in [5.41, 5.74) is 0.911. The minimum atomic E-state index is -0.416. The van der Waals surface area contributed by atoms with E-state index in [2.05, 4.69) is 5.32 Å². The number of rotatable bonds is 4. The summed E-state index contributed by atoms with van der Waals surface area (Å²) in [5.74, 6) is 0.601. The molecule has 0 atom stereocenters. The molecule has 0 aromatic heterocycles. The number of benzene rings is 1. The highest BCUT2D eigenvalue weighted by atomic mass is 16.5. The Morgan fingerprint density at radius 2 is 2.06 bits per heavy atom. The maximum atomic E-state index is 11.6. The highest BCUT2D eigenvalue weighted by molar-refractivity contribution is 5.72. The van der Waals surface area contributed by atoms with Crippen LogP contribution >= 0.6 is 0 Å². The molecular formula is C13H18N2O2. The number of nitrogens with zero attached hydrogens (tertiary/aromatic N) is 1. The summed E-state index contributed by atoms with van der Waals surface area (Å²) < 4.78 is 0. The molecule has 0 spiro atoms. The van der Waals surface area contributed by atoms with Crippen molar-refractivity contribution in [3.63, 3.8) is 0 Å². The van der Waals surface area contributed by atoms with Crippen LogP contribution < -0.4 is 5.32 Å². The Morgan fingerprint density at radius 3 is 2.65 bits per heavy atom. The van der Waals surface area contributed by atoms with Crippen LogP contribution in [0, 0.1) is 5.92 Å². The molecule has 1 saturated carbocycles. The molecule has 1 fully saturated rings. The molecule has 2 amide bonds. The van der Waals surface area contributed by atoms with Gasteiger partial charge < -0.3 is 5.32 Å². The lowest BCUT2D eigenvalue weighted by Crippen LogP contribution is -2.40. The van der Waals surface area contributed by atoms with Gasteiger partial charge in [-0.25, -0.2) is 9.86 Å². The molecule has 0 radical (unpaired) electrons. The van der Waals surface area contributed by atoms with Crippen molar-refractivity contribution in [3.05, 3.63) is 35.9 Å². The molecule has 0 heterocycles. The number of hydrogen-bond acceptors (Lipinski definition) is 2. The van der Waals surface area contributed by atoms with Crippen molar-refractivity contribution >= 4 is 6.03 Å². The average molecular weight is 234 g/mol. The van der Waals surface area contributed by atoms with Crippen molar-refractivity contribution in [2.75, 3.05) is 6.54 Å². The molecule has 1 aliphatic carbocycles. The van der Waals surface area contributed by atoms with Gasteiger partial charge in [-0.1, -0.05) is 36.8 Å². The maximum absolute atomic E-state index is 11.6. The fraction of sp³-hybridized carbons (Fsp3) is 0.462. The first-order valence-electron chi connectivity index (χ1n) is 6.04. The maximum Gasteiger partial charge on any atom is 0.341 e. The summed E-state index contributed by atoms with van der Waals surface area (Å²) in [4.78, 5) is 11.6. The Hall–Kier alpha value is -1.55. The zero-order chi connectivity index (χ0) is 12.1. The minimum Gasteiger partial charge on any atom is -0.336 e. The lowest BCUT2D eigenvalue weighted by molar-refractivity contribution is -0.0512. The van der Waals surface area contributed by atoms with E-state index in [0.29, 0.717) is 12.5 Å². The molecule has 0 unspecified atom stereocenters. The zero-order valence-electron chi connectivity index (χ0n) is 9.80. The van der Waals surface area contributed by atoms with Gasteiger partial charge in [-0.05, 0) is 24.3 Å². The Balaban J connectivity index is 1.74. The zero-order valence-corrected chi connectivity index (χ0v) is 9.80. The number of hydrogen-bond donors (Lipinski definition) is 2. The predicted molar refractivity (Wildman–Crippen MR) is 64.5 cm³/mol. The molecule has 17 heavy (non-hydrogen) atoms. The smallest absolute Gasteiger partial charge is 0.336 e. The summed E-state index contributed by atoms with van der Waals surface area (Å²) in [5, 5.41) is 13.1. The molecule has 0 saturated heterocycles. The van der Waals surface area contributed by atoms with E-state index in [-0.39, 0.29) is 6.54 Å². The van der Waals surface area contributed by atoms with E-state index >= 15 is 0 Å². The summed E-state index contributed by atoms with van der Waals surface area (Å²) in [6, 6.07) is 9.01. The van der Waals surface area contributed by atoms with Crippen LogP contribution in [0.5, 0.6) is 0 Å². The fourth-order valence-corrected chi connectivity index (χ4v) is 1.85. The first kappa shape index (κ1) is 11.9. The third kappa shape index (κ3) is 3.46. The molecule has 4 heteroatoms. The van der Waals surface area contributed by atoms with Gasteiger partial charge in [-0.2, -0.15) is 0 Å². The largest absolute Gasteiger partial charge is 0.341 e. The van der Waals surface area contributed by atoms with Crippen LogP contribution in [0.25, 0.3) is 0 Å². The van der Waals surface area contributed by atoms with Crippen LogP contribution in [-0.4, -0.2) is 22.8 Å².